The Morgan fingerprint density at radius 3 is 2.53 bits per heavy atom. The van der Waals surface area contributed by atoms with Crippen LogP contribution in [0.3, 0.4) is 0 Å². The van der Waals surface area contributed by atoms with Crippen LogP contribution in [0.1, 0.15) is 40.0 Å². The standard InChI is InChI=1S/C14H29N3O.HI/c1-4-15-14(17-9-5-6-10-17)16-8-12-18-11-7-13(2)3;/h13H,4-12H2,1-3H3,(H,15,16);1H. The van der Waals surface area contributed by atoms with E-state index in [0.29, 0.717) is 0 Å². The van der Waals surface area contributed by atoms with Crippen molar-refractivity contribution in [3.05, 3.63) is 0 Å². The summed E-state index contributed by atoms with van der Waals surface area (Å²) in [6.07, 6.45) is 3.71. The van der Waals surface area contributed by atoms with Crippen molar-refractivity contribution in [1.82, 2.24) is 10.2 Å². The van der Waals surface area contributed by atoms with Crippen LogP contribution in [-0.4, -0.2) is 50.3 Å². The molecule has 0 atom stereocenters. The summed E-state index contributed by atoms with van der Waals surface area (Å²) in [7, 11) is 0. The van der Waals surface area contributed by atoms with Crippen molar-refractivity contribution in [2.75, 3.05) is 39.4 Å². The van der Waals surface area contributed by atoms with Crippen molar-refractivity contribution in [1.29, 1.82) is 0 Å². The molecule has 0 aromatic carbocycles. The maximum Gasteiger partial charge on any atom is 0.193 e. The number of aliphatic imine (C=N–C) groups is 1. The highest BCUT2D eigenvalue weighted by Crippen LogP contribution is 2.07. The maximum absolute atomic E-state index is 5.58. The molecule has 114 valence electrons. The first-order valence-electron chi connectivity index (χ1n) is 7.35. The van der Waals surface area contributed by atoms with Crippen LogP contribution in [0.4, 0.5) is 0 Å². The maximum atomic E-state index is 5.58. The molecule has 0 saturated carbocycles. The number of nitrogens with zero attached hydrogens (tertiary/aromatic N) is 2. The van der Waals surface area contributed by atoms with Gasteiger partial charge in [-0.25, -0.2) is 0 Å². The van der Waals surface area contributed by atoms with Gasteiger partial charge in [-0.2, -0.15) is 0 Å². The van der Waals surface area contributed by atoms with Crippen LogP contribution in [-0.2, 0) is 4.74 Å². The predicted octanol–water partition coefficient (Wildman–Crippen LogP) is 2.73. The average molecular weight is 383 g/mol. The monoisotopic (exact) mass is 383 g/mol. The minimum absolute atomic E-state index is 0. The van der Waals surface area contributed by atoms with E-state index in [-0.39, 0.29) is 24.0 Å². The van der Waals surface area contributed by atoms with Gasteiger partial charge in [0.25, 0.3) is 0 Å². The molecule has 1 heterocycles. The lowest BCUT2D eigenvalue weighted by Gasteiger charge is -2.20. The van der Waals surface area contributed by atoms with Crippen LogP contribution in [0.25, 0.3) is 0 Å². The zero-order chi connectivity index (χ0) is 13.2. The fraction of sp³-hybridized carbons (Fsp3) is 0.929. The molecule has 0 amide bonds. The lowest BCUT2D eigenvalue weighted by molar-refractivity contribution is 0.130. The highest BCUT2D eigenvalue weighted by atomic mass is 127. The van der Waals surface area contributed by atoms with Gasteiger partial charge in [0.2, 0.25) is 0 Å². The second-order valence-corrected chi connectivity index (χ2v) is 5.22. The molecular weight excluding hydrogens is 353 g/mol. The van der Waals surface area contributed by atoms with Gasteiger partial charge in [0.1, 0.15) is 0 Å². The van der Waals surface area contributed by atoms with Crippen LogP contribution >= 0.6 is 24.0 Å². The zero-order valence-corrected chi connectivity index (χ0v) is 15.0. The Balaban J connectivity index is 0.00000324. The molecule has 0 aromatic heterocycles. The zero-order valence-electron chi connectivity index (χ0n) is 12.7. The van der Waals surface area contributed by atoms with Crippen LogP contribution < -0.4 is 5.32 Å². The number of hydrogen-bond donors (Lipinski definition) is 1. The van der Waals surface area contributed by atoms with Crippen molar-refractivity contribution in [2.45, 2.75) is 40.0 Å². The van der Waals surface area contributed by atoms with Gasteiger partial charge in [0.05, 0.1) is 13.2 Å². The molecule has 5 heteroatoms. The third-order valence-corrected chi connectivity index (χ3v) is 3.08. The van der Waals surface area contributed by atoms with Crippen LogP contribution in [0.2, 0.25) is 0 Å². The van der Waals surface area contributed by atoms with Crippen LogP contribution in [0.15, 0.2) is 4.99 Å². The summed E-state index contributed by atoms with van der Waals surface area (Å²) >= 11 is 0. The number of guanidine groups is 1. The third kappa shape index (κ3) is 8.68. The number of nitrogens with one attached hydrogen (secondary N) is 1. The molecule has 4 nitrogen and oxygen atoms in total. The van der Waals surface area contributed by atoms with E-state index in [0.717, 1.165) is 57.7 Å². The molecule has 19 heavy (non-hydrogen) atoms. The normalized spacial score (nSPS) is 15.8. The quantitative estimate of drug-likeness (QED) is 0.318. The average Bonchev–Trinajstić information content (AvgIpc) is 2.85. The number of halogens is 1. The first-order valence-corrected chi connectivity index (χ1v) is 7.35. The summed E-state index contributed by atoms with van der Waals surface area (Å²) in [5.41, 5.74) is 0. The first kappa shape index (κ1) is 19.0. The van der Waals surface area contributed by atoms with Crippen molar-refractivity contribution in [3.63, 3.8) is 0 Å². The fourth-order valence-electron chi connectivity index (χ4n) is 1.99. The Labute approximate surface area is 135 Å². The van der Waals surface area contributed by atoms with Crippen molar-refractivity contribution >= 4 is 29.9 Å². The van der Waals surface area contributed by atoms with Gasteiger partial charge in [0, 0.05) is 26.2 Å². The molecule has 1 aliphatic heterocycles. The Morgan fingerprint density at radius 1 is 1.26 bits per heavy atom. The summed E-state index contributed by atoms with van der Waals surface area (Å²) in [5, 5.41) is 3.35. The van der Waals surface area contributed by atoms with Crippen LogP contribution in [0.5, 0.6) is 0 Å². The van der Waals surface area contributed by atoms with E-state index < -0.39 is 0 Å². The van der Waals surface area contributed by atoms with E-state index in [4.69, 9.17) is 4.74 Å². The number of hydrogen-bond acceptors (Lipinski definition) is 2. The van der Waals surface area contributed by atoms with Crippen molar-refractivity contribution in [3.8, 4) is 0 Å². The minimum Gasteiger partial charge on any atom is -0.380 e. The van der Waals surface area contributed by atoms with Crippen LogP contribution in [0, 0.1) is 5.92 Å². The molecule has 1 rings (SSSR count). The van der Waals surface area contributed by atoms with E-state index in [9.17, 15) is 0 Å². The molecule has 1 N–H and O–H groups in total. The van der Waals surface area contributed by atoms with E-state index in [1.807, 2.05) is 0 Å². The molecule has 0 radical (unpaired) electrons. The van der Waals surface area contributed by atoms with E-state index in [2.05, 4.69) is 36.0 Å². The largest absolute Gasteiger partial charge is 0.380 e. The molecule has 1 saturated heterocycles. The molecule has 0 bridgehead atoms. The summed E-state index contributed by atoms with van der Waals surface area (Å²) in [4.78, 5) is 6.96. The molecule has 0 spiro atoms. The highest BCUT2D eigenvalue weighted by Gasteiger charge is 2.14. The summed E-state index contributed by atoms with van der Waals surface area (Å²) in [6, 6.07) is 0. The second kappa shape index (κ2) is 11.8. The lowest BCUT2D eigenvalue weighted by atomic mass is 10.1. The molecule has 1 aliphatic rings. The molecule has 0 aliphatic carbocycles. The Kier molecular flexibility index (Phi) is 11.7. The van der Waals surface area contributed by atoms with Gasteiger partial charge < -0.3 is 15.0 Å². The van der Waals surface area contributed by atoms with E-state index >= 15 is 0 Å². The van der Waals surface area contributed by atoms with Gasteiger partial charge in [-0.1, -0.05) is 13.8 Å². The number of rotatable bonds is 7. The second-order valence-electron chi connectivity index (χ2n) is 5.22. The van der Waals surface area contributed by atoms with E-state index in [1.54, 1.807) is 0 Å². The Bertz CT molecular complexity index is 241. The van der Waals surface area contributed by atoms with Crippen molar-refractivity contribution in [2.24, 2.45) is 10.9 Å². The van der Waals surface area contributed by atoms with Gasteiger partial charge >= 0.3 is 0 Å². The SMILES string of the molecule is CCNC(=NCCOCCC(C)C)N1CCCC1.I. The van der Waals surface area contributed by atoms with Gasteiger partial charge in [0.15, 0.2) is 5.96 Å². The minimum atomic E-state index is 0. The molecule has 0 unspecified atom stereocenters. The summed E-state index contributed by atoms with van der Waals surface area (Å²) in [6.45, 7) is 12.1. The number of likely N-dealkylation sites (tertiary alicyclic amines) is 1. The lowest BCUT2D eigenvalue weighted by Crippen LogP contribution is -2.39. The van der Waals surface area contributed by atoms with Gasteiger partial charge in [-0.3, -0.25) is 4.99 Å². The highest BCUT2D eigenvalue weighted by molar-refractivity contribution is 14.0. The predicted molar refractivity (Wildman–Crippen MR) is 92.5 cm³/mol. The third-order valence-electron chi connectivity index (χ3n) is 3.08. The molecule has 0 aromatic rings. The topological polar surface area (TPSA) is 36.9 Å². The summed E-state index contributed by atoms with van der Waals surface area (Å²) < 4.78 is 5.58. The van der Waals surface area contributed by atoms with Crippen molar-refractivity contribution < 1.29 is 4.74 Å². The molecular formula is C14H30IN3O. The van der Waals surface area contributed by atoms with E-state index in [1.165, 1.54) is 12.8 Å². The Hall–Kier alpha value is -0.0400. The smallest absolute Gasteiger partial charge is 0.193 e. The fourth-order valence-corrected chi connectivity index (χ4v) is 1.99. The van der Waals surface area contributed by atoms with Gasteiger partial charge in [-0.05, 0) is 32.1 Å². The summed E-state index contributed by atoms with van der Waals surface area (Å²) in [5.74, 6) is 1.78. The first-order chi connectivity index (χ1) is 8.74. The Morgan fingerprint density at radius 2 is 1.95 bits per heavy atom. The van der Waals surface area contributed by atoms with Gasteiger partial charge in [-0.15, -0.1) is 24.0 Å². The number of ether oxygens (including phenoxy) is 1. The molecule has 1 fully saturated rings.